The van der Waals surface area contributed by atoms with Crippen LogP contribution in [0.25, 0.3) is 0 Å². The van der Waals surface area contributed by atoms with Gasteiger partial charge in [-0.25, -0.2) is 8.42 Å². The molecule has 2 heterocycles. The van der Waals surface area contributed by atoms with Crippen LogP contribution < -0.4 is 10.1 Å². The van der Waals surface area contributed by atoms with Gasteiger partial charge in [-0.05, 0) is 73.5 Å². The molecule has 1 N–H and O–H groups in total. The van der Waals surface area contributed by atoms with Crippen LogP contribution in [0.2, 0.25) is 0 Å². The van der Waals surface area contributed by atoms with Crippen LogP contribution in [0, 0.1) is 13.8 Å². The summed E-state index contributed by atoms with van der Waals surface area (Å²) >= 11 is 0. The van der Waals surface area contributed by atoms with Gasteiger partial charge < -0.3 is 19.2 Å². The van der Waals surface area contributed by atoms with Crippen LogP contribution in [0.1, 0.15) is 27.4 Å². The van der Waals surface area contributed by atoms with E-state index in [1.807, 2.05) is 26.0 Å². The fourth-order valence-electron chi connectivity index (χ4n) is 3.59. The average Bonchev–Trinajstić information content (AvgIpc) is 3.27. The molecule has 0 aliphatic carbocycles. The summed E-state index contributed by atoms with van der Waals surface area (Å²) in [6, 6.07) is 15.3. The lowest BCUT2D eigenvalue weighted by atomic mass is 10.1. The summed E-state index contributed by atoms with van der Waals surface area (Å²) in [5, 5.41) is 2.72. The van der Waals surface area contributed by atoms with Crippen LogP contribution in [0.15, 0.2) is 63.9 Å². The molecule has 3 aromatic rings. The van der Waals surface area contributed by atoms with E-state index in [2.05, 4.69) is 11.4 Å². The highest BCUT2D eigenvalue weighted by atomic mass is 32.2. The molecule has 1 aliphatic rings. The molecular weight excluding hydrogens is 444 g/mol. The Morgan fingerprint density at radius 2 is 1.67 bits per heavy atom. The number of ether oxygens (including phenoxy) is 2. The third kappa shape index (κ3) is 5.62. The van der Waals surface area contributed by atoms with Crippen molar-refractivity contribution < 1.29 is 27.1 Å². The fourth-order valence-corrected chi connectivity index (χ4v) is 5.00. The summed E-state index contributed by atoms with van der Waals surface area (Å²) < 4.78 is 43.4. The first-order valence-corrected chi connectivity index (χ1v) is 12.0. The van der Waals surface area contributed by atoms with Crippen LogP contribution in [-0.4, -0.2) is 44.9 Å². The van der Waals surface area contributed by atoms with Crippen LogP contribution in [0.3, 0.4) is 0 Å². The molecule has 1 aromatic heterocycles. The lowest BCUT2D eigenvalue weighted by molar-refractivity contribution is 0.0730. The number of morpholine rings is 1. The molecule has 1 aliphatic heterocycles. The second-order valence-corrected chi connectivity index (χ2v) is 9.81. The maximum atomic E-state index is 12.7. The zero-order chi connectivity index (χ0) is 23.4. The van der Waals surface area contributed by atoms with E-state index >= 15 is 0 Å². The number of nitrogens with one attached hydrogen (secondary N) is 1. The lowest BCUT2D eigenvalue weighted by Gasteiger charge is -2.26. The van der Waals surface area contributed by atoms with Crippen molar-refractivity contribution in [3.05, 3.63) is 77.2 Å². The Hall–Kier alpha value is -3.14. The number of amides is 1. The van der Waals surface area contributed by atoms with Crippen molar-refractivity contribution in [1.29, 1.82) is 0 Å². The molecule has 2 aromatic carbocycles. The standard InChI is InChI=1S/C24H26N2O6S/c1-17-13-18(2)15-21(14-17)31-16-20-5-8-23(32-20)24(27)25-19-3-6-22(7-4-19)33(28,29)26-9-11-30-12-10-26/h3-8,13-15H,9-12,16H2,1-2H3,(H,25,27). The molecule has 174 valence electrons. The van der Waals surface area contributed by atoms with Gasteiger partial charge in [-0.15, -0.1) is 0 Å². The molecule has 9 heteroatoms. The number of nitrogens with zero attached hydrogens (tertiary/aromatic N) is 1. The number of benzene rings is 2. The Balaban J connectivity index is 1.36. The Morgan fingerprint density at radius 3 is 2.33 bits per heavy atom. The van der Waals surface area contributed by atoms with Crippen LogP contribution in [-0.2, 0) is 21.4 Å². The number of sulfonamides is 1. The zero-order valence-corrected chi connectivity index (χ0v) is 19.4. The van der Waals surface area contributed by atoms with Gasteiger partial charge in [0.15, 0.2) is 5.76 Å². The minimum absolute atomic E-state index is 0.138. The molecule has 8 nitrogen and oxygen atoms in total. The largest absolute Gasteiger partial charge is 0.486 e. The van der Waals surface area contributed by atoms with Gasteiger partial charge in [0.1, 0.15) is 18.1 Å². The van der Waals surface area contributed by atoms with Crippen molar-refractivity contribution >= 4 is 21.6 Å². The molecule has 4 rings (SSSR count). The molecule has 0 atom stereocenters. The van der Waals surface area contributed by atoms with Gasteiger partial charge in [0.2, 0.25) is 10.0 Å². The second kappa shape index (κ2) is 9.78. The van der Waals surface area contributed by atoms with Crippen molar-refractivity contribution in [3.63, 3.8) is 0 Å². The van der Waals surface area contributed by atoms with Crippen molar-refractivity contribution in [3.8, 4) is 5.75 Å². The summed E-state index contributed by atoms with van der Waals surface area (Å²) in [6.07, 6.45) is 0. The Bertz CT molecular complexity index is 1210. The van der Waals surface area contributed by atoms with E-state index in [0.717, 1.165) is 16.9 Å². The van der Waals surface area contributed by atoms with E-state index in [9.17, 15) is 13.2 Å². The van der Waals surface area contributed by atoms with Crippen molar-refractivity contribution in [1.82, 2.24) is 4.31 Å². The smallest absolute Gasteiger partial charge is 0.291 e. The molecule has 1 amide bonds. The van der Waals surface area contributed by atoms with Crippen LogP contribution in [0.4, 0.5) is 5.69 Å². The van der Waals surface area contributed by atoms with E-state index in [1.165, 1.54) is 16.4 Å². The first-order chi connectivity index (χ1) is 15.8. The number of carbonyl (C=O) groups is 1. The van der Waals surface area contributed by atoms with E-state index in [4.69, 9.17) is 13.9 Å². The number of carbonyl (C=O) groups excluding carboxylic acids is 1. The maximum absolute atomic E-state index is 12.7. The summed E-state index contributed by atoms with van der Waals surface area (Å²) in [5.41, 5.74) is 2.67. The van der Waals surface area contributed by atoms with Gasteiger partial charge in [-0.1, -0.05) is 6.07 Å². The Morgan fingerprint density at radius 1 is 1.00 bits per heavy atom. The third-order valence-corrected chi connectivity index (χ3v) is 7.09. The normalized spacial score (nSPS) is 14.7. The highest BCUT2D eigenvalue weighted by molar-refractivity contribution is 7.89. The first-order valence-electron chi connectivity index (χ1n) is 10.6. The van der Waals surface area contributed by atoms with Gasteiger partial charge in [0.05, 0.1) is 18.1 Å². The highest BCUT2D eigenvalue weighted by Crippen LogP contribution is 2.21. The van der Waals surface area contributed by atoms with Gasteiger partial charge >= 0.3 is 0 Å². The number of anilines is 1. The van der Waals surface area contributed by atoms with Gasteiger partial charge in [0, 0.05) is 18.8 Å². The van der Waals surface area contributed by atoms with Crippen LogP contribution >= 0.6 is 0 Å². The highest BCUT2D eigenvalue weighted by Gasteiger charge is 2.26. The molecule has 33 heavy (non-hydrogen) atoms. The molecule has 0 saturated carbocycles. The molecule has 0 bridgehead atoms. The van der Waals surface area contributed by atoms with Crippen molar-refractivity contribution in [2.45, 2.75) is 25.3 Å². The summed E-state index contributed by atoms with van der Waals surface area (Å²) in [6.45, 7) is 5.62. The Kier molecular flexibility index (Phi) is 6.83. The third-order valence-electron chi connectivity index (χ3n) is 5.18. The summed E-state index contributed by atoms with van der Waals surface area (Å²) in [4.78, 5) is 12.7. The molecule has 0 radical (unpaired) electrons. The second-order valence-electron chi connectivity index (χ2n) is 7.87. The first kappa shape index (κ1) is 23.0. The molecule has 0 unspecified atom stereocenters. The zero-order valence-electron chi connectivity index (χ0n) is 18.5. The summed E-state index contributed by atoms with van der Waals surface area (Å²) in [7, 11) is -3.58. The predicted octanol–water partition coefficient (Wildman–Crippen LogP) is 3.75. The monoisotopic (exact) mass is 470 g/mol. The van der Waals surface area contributed by atoms with Gasteiger partial charge in [-0.2, -0.15) is 4.31 Å². The summed E-state index contributed by atoms with van der Waals surface area (Å²) in [5.74, 6) is 0.962. The van der Waals surface area contributed by atoms with Crippen molar-refractivity contribution in [2.75, 3.05) is 31.6 Å². The van der Waals surface area contributed by atoms with Gasteiger partial charge in [0.25, 0.3) is 5.91 Å². The quantitative estimate of drug-likeness (QED) is 0.565. The maximum Gasteiger partial charge on any atom is 0.291 e. The van der Waals surface area contributed by atoms with E-state index < -0.39 is 15.9 Å². The average molecular weight is 471 g/mol. The van der Waals surface area contributed by atoms with Crippen LogP contribution in [0.5, 0.6) is 5.75 Å². The lowest BCUT2D eigenvalue weighted by Crippen LogP contribution is -2.40. The minimum Gasteiger partial charge on any atom is -0.486 e. The van der Waals surface area contributed by atoms with E-state index in [0.29, 0.717) is 37.8 Å². The Labute approximate surface area is 193 Å². The number of hydrogen-bond donors (Lipinski definition) is 1. The number of rotatable bonds is 7. The van der Waals surface area contributed by atoms with Crippen molar-refractivity contribution in [2.24, 2.45) is 0 Å². The molecule has 0 spiro atoms. The van der Waals surface area contributed by atoms with Gasteiger partial charge in [-0.3, -0.25) is 4.79 Å². The molecule has 1 saturated heterocycles. The number of aryl methyl sites for hydroxylation is 2. The topological polar surface area (TPSA) is 98.1 Å². The molecule has 1 fully saturated rings. The fraction of sp³-hybridized carbons (Fsp3) is 0.292. The predicted molar refractivity (Wildman–Crippen MR) is 123 cm³/mol. The minimum atomic E-state index is -3.58. The number of furan rings is 1. The van der Waals surface area contributed by atoms with E-state index in [-0.39, 0.29) is 17.3 Å². The SMILES string of the molecule is Cc1cc(C)cc(OCc2ccc(C(=O)Nc3ccc(S(=O)(=O)N4CCOCC4)cc3)o2)c1. The van der Waals surface area contributed by atoms with E-state index in [1.54, 1.807) is 24.3 Å². The molecular formula is C24H26N2O6S. The number of hydrogen-bond acceptors (Lipinski definition) is 6.